The molecule has 63 heavy (non-hydrogen) atoms. The summed E-state index contributed by atoms with van der Waals surface area (Å²) in [6, 6.07) is 30.7. The predicted octanol–water partition coefficient (Wildman–Crippen LogP) is 14.7. The lowest BCUT2D eigenvalue weighted by Gasteiger charge is -2.48. The molecule has 0 unspecified atom stereocenters. The second-order valence-electron chi connectivity index (χ2n) is 26.0. The van der Waals surface area contributed by atoms with Crippen molar-refractivity contribution in [3.05, 3.63) is 123 Å². The highest BCUT2D eigenvalue weighted by Crippen LogP contribution is 2.54. The standard InChI is InChI=1S/C60H75BN2/c1-36-28-51-53-52(29-36)63(49-34-44-41(30-37(49)2)56(8,9)24-26-59(44,14)15)50-35-45-43(58(12,13)25-27-60(45,16)17)33-47(50)61(53)46-31-38(54(3,4)5)18-21-48(46)62(51)39-19-20-40-42(32-39)57(10,11)23-22-55(40,6)7/h18-21,28-35H,22-27H2,1-17H3. The average molecular weight is 835 g/mol. The van der Waals surface area contributed by atoms with Gasteiger partial charge in [0, 0.05) is 34.1 Å². The van der Waals surface area contributed by atoms with Crippen molar-refractivity contribution in [3.8, 4) is 0 Å². The molecule has 3 aliphatic carbocycles. The van der Waals surface area contributed by atoms with Crippen LogP contribution in [0.3, 0.4) is 0 Å². The first kappa shape index (κ1) is 42.7. The molecule has 2 nitrogen and oxygen atoms in total. The third kappa shape index (κ3) is 6.31. The van der Waals surface area contributed by atoms with Gasteiger partial charge in [-0.05, 0) is 199 Å². The van der Waals surface area contributed by atoms with Gasteiger partial charge in [-0.2, -0.15) is 0 Å². The highest BCUT2D eigenvalue weighted by molar-refractivity contribution is 7.00. The topological polar surface area (TPSA) is 6.48 Å². The van der Waals surface area contributed by atoms with Gasteiger partial charge in [-0.3, -0.25) is 0 Å². The van der Waals surface area contributed by atoms with E-state index in [-0.39, 0.29) is 44.6 Å². The van der Waals surface area contributed by atoms with E-state index in [1.807, 2.05) is 0 Å². The Labute approximate surface area is 382 Å². The van der Waals surface area contributed by atoms with Crippen LogP contribution in [0, 0.1) is 13.8 Å². The molecule has 0 bridgehead atoms. The van der Waals surface area contributed by atoms with Crippen LogP contribution in [0.5, 0.6) is 0 Å². The third-order valence-electron chi connectivity index (χ3n) is 17.6. The lowest BCUT2D eigenvalue weighted by Crippen LogP contribution is -2.62. The number of anilines is 6. The minimum Gasteiger partial charge on any atom is -0.311 e. The van der Waals surface area contributed by atoms with Crippen LogP contribution in [-0.2, 0) is 37.9 Å². The fourth-order valence-corrected chi connectivity index (χ4v) is 12.9. The lowest BCUT2D eigenvalue weighted by atomic mass is 9.33. The van der Waals surface area contributed by atoms with E-state index in [2.05, 4.69) is 200 Å². The van der Waals surface area contributed by atoms with E-state index in [1.165, 1.54) is 139 Å². The summed E-state index contributed by atoms with van der Waals surface area (Å²) in [7, 11) is 0. The van der Waals surface area contributed by atoms with Crippen LogP contribution < -0.4 is 26.2 Å². The average Bonchev–Trinajstić information content (AvgIpc) is 3.19. The molecule has 10 rings (SSSR count). The quantitative estimate of drug-likeness (QED) is 0.160. The minimum absolute atomic E-state index is 0.00386. The zero-order chi connectivity index (χ0) is 45.4. The van der Waals surface area contributed by atoms with Gasteiger partial charge < -0.3 is 9.80 Å². The van der Waals surface area contributed by atoms with E-state index >= 15 is 0 Å². The maximum absolute atomic E-state index is 2.75. The van der Waals surface area contributed by atoms with E-state index in [1.54, 1.807) is 0 Å². The van der Waals surface area contributed by atoms with Gasteiger partial charge >= 0.3 is 0 Å². The van der Waals surface area contributed by atoms with Gasteiger partial charge in [-0.15, -0.1) is 0 Å². The van der Waals surface area contributed by atoms with Crippen molar-refractivity contribution in [1.29, 1.82) is 0 Å². The fraction of sp³-hybridized carbons (Fsp3) is 0.500. The van der Waals surface area contributed by atoms with Crippen LogP contribution in [0.1, 0.15) is 192 Å². The Bertz CT molecular complexity index is 2760. The molecule has 0 amide bonds. The van der Waals surface area contributed by atoms with Gasteiger partial charge in [0.1, 0.15) is 0 Å². The molecule has 0 N–H and O–H groups in total. The monoisotopic (exact) mass is 835 g/mol. The molecule has 0 spiro atoms. The summed E-state index contributed by atoms with van der Waals surface area (Å²) in [5, 5.41) is 0. The molecule has 2 aliphatic heterocycles. The van der Waals surface area contributed by atoms with Crippen LogP contribution in [0.25, 0.3) is 0 Å². The molecule has 5 aliphatic rings. The summed E-state index contributed by atoms with van der Waals surface area (Å²) in [6.07, 6.45) is 7.21. The van der Waals surface area contributed by atoms with Gasteiger partial charge in [-0.1, -0.05) is 134 Å². The molecule has 0 aromatic heterocycles. The first-order valence-corrected chi connectivity index (χ1v) is 24.5. The zero-order valence-electron chi connectivity index (χ0n) is 42.1. The van der Waals surface area contributed by atoms with Gasteiger partial charge in [-0.25, -0.2) is 0 Å². The largest absolute Gasteiger partial charge is 0.311 e. The molecule has 0 saturated carbocycles. The van der Waals surface area contributed by atoms with E-state index < -0.39 is 0 Å². The van der Waals surface area contributed by atoms with Crippen molar-refractivity contribution in [2.75, 3.05) is 9.80 Å². The van der Waals surface area contributed by atoms with Crippen molar-refractivity contribution in [1.82, 2.24) is 0 Å². The maximum Gasteiger partial charge on any atom is 0.252 e. The van der Waals surface area contributed by atoms with E-state index in [9.17, 15) is 0 Å². The number of rotatable bonds is 2. The molecule has 0 atom stereocenters. The van der Waals surface area contributed by atoms with Gasteiger partial charge in [0.05, 0.1) is 0 Å². The molecule has 3 heteroatoms. The normalized spacial score (nSPS) is 21.4. The summed E-state index contributed by atoms with van der Waals surface area (Å²) in [6.45, 7) is 41.7. The number of fused-ring (bicyclic) bond motifs is 7. The van der Waals surface area contributed by atoms with E-state index in [0.29, 0.717) is 0 Å². The molecule has 0 radical (unpaired) electrons. The fourth-order valence-electron chi connectivity index (χ4n) is 12.9. The summed E-state index contributed by atoms with van der Waals surface area (Å²) < 4.78 is 0. The molecule has 0 saturated heterocycles. The van der Waals surface area contributed by atoms with Gasteiger partial charge in [0.15, 0.2) is 0 Å². The first-order valence-electron chi connectivity index (χ1n) is 24.5. The number of nitrogens with zero attached hydrogens (tertiary/aromatic N) is 2. The van der Waals surface area contributed by atoms with E-state index in [0.717, 1.165) is 0 Å². The van der Waals surface area contributed by atoms with Crippen LogP contribution in [0.15, 0.2) is 72.8 Å². The van der Waals surface area contributed by atoms with Crippen molar-refractivity contribution in [2.24, 2.45) is 0 Å². The van der Waals surface area contributed by atoms with Crippen LogP contribution in [0.2, 0.25) is 0 Å². The Balaban J connectivity index is 1.33. The Hall–Kier alpha value is -4.24. The number of hydrogen-bond donors (Lipinski definition) is 0. The van der Waals surface area contributed by atoms with Crippen molar-refractivity contribution in [2.45, 2.75) is 194 Å². The van der Waals surface area contributed by atoms with Crippen molar-refractivity contribution >= 4 is 57.2 Å². The highest BCUT2D eigenvalue weighted by atomic mass is 15.2. The summed E-state index contributed by atoms with van der Waals surface area (Å²) >= 11 is 0. The first-order chi connectivity index (χ1) is 29.1. The second kappa shape index (κ2) is 13.2. The lowest BCUT2D eigenvalue weighted by molar-refractivity contribution is 0.331. The SMILES string of the molecule is Cc1cc2c3c(c1)N(c1cc4c(cc1C)C(C)(C)CCC4(C)C)c1cc4c(cc1B3c1cc(C(C)(C)C)ccc1N2c1ccc2c(c1)C(C)(C)CCC2(C)C)C(C)(C)CCC4(C)C. The number of benzene rings is 5. The summed E-state index contributed by atoms with van der Waals surface area (Å²) in [5.41, 5.74) is 26.1. The Morgan fingerprint density at radius 1 is 0.413 bits per heavy atom. The highest BCUT2D eigenvalue weighted by Gasteiger charge is 2.48. The predicted molar refractivity (Wildman–Crippen MR) is 274 cm³/mol. The van der Waals surface area contributed by atoms with Crippen LogP contribution in [-0.4, -0.2) is 6.71 Å². The Morgan fingerprint density at radius 2 is 0.857 bits per heavy atom. The van der Waals surface area contributed by atoms with Crippen molar-refractivity contribution < 1.29 is 0 Å². The van der Waals surface area contributed by atoms with Crippen LogP contribution in [0.4, 0.5) is 34.1 Å². The molecular formula is C60H75BN2. The number of aryl methyl sites for hydroxylation is 2. The van der Waals surface area contributed by atoms with Crippen molar-refractivity contribution in [3.63, 3.8) is 0 Å². The molecule has 0 fully saturated rings. The third-order valence-corrected chi connectivity index (χ3v) is 17.6. The smallest absolute Gasteiger partial charge is 0.252 e. The summed E-state index contributed by atoms with van der Waals surface area (Å²) in [4.78, 5) is 5.42. The number of hydrogen-bond acceptors (Lipinski definition) is 2. The molecule has 5 aromatic rings. The minimum atomic E-state index is 0.00386. The van der Waals surface area contributed by atoms with Crippen LogP contribution >= 0.6 is 0 Å². The summed E-state index contributed by atoms with van der Waals surface area (Å²) in [5.74, 6) is 0. The second-order valence-corrected chi connectivity index (χ2v) is 26.0. The van der Waals surface area contributed by atoms with Gasteiger partial charge in [0.2, 0.25) is 0 Å². The van der Waals surface area contributed by atoms with E-state index in [4.69, 9.17) is 0 Å². The maximum atomic E-state index is 2.75. The Kier molecular flexibility index (Phi) is 8.94. The molecule has 2 heterocycles. The molecule has 328 valence electrons. The zero-order valence-corrected chi connectivity index (χ0v) is 42.1. The van der Waals surface area contributed by atoms with Gasteiger partial charge in [0.25, 0.3) is 6.71 Å². The Morgan fingerprint density at radius 3 is 1.40 bits per heavy atom. The molecule has 5 aromatic carbocycles. The molecular weight excluding hydrogens is 759 g/mol.